The van der Waals surface area contributed by atoms with Crippen molar-refractivity contribution in [2.45, 2.75) is 17.7 Å². The Balaban J connectivity index is 1.52. The quantitative estimate of drug-likeness (QED) is 0.554. The minimum atomic E-state index is 0.817. The van der Waals surface area contributed by atoms with Gasteiger partial charge in [0.05, 0.1) is 21.8 Å². The lowest BCUT2D eigenvalue weighted by atomic mass is 10.2. The van der Waals surface area contributed by atoms with E-state index in [4.69, 9.17) is 0 Å². The van der Waals surface area contributed by atoms with E-state index in [1.165, 1.54) is 5.56 Å². The lowest BCUT2D eigenvalue weighted by Gasteiger charge is -2.01. The van der Waals surface area contributed by atoms with Crippen LogP contribution >= 0.6 is 11.8 Å². The summed E-state index contributed by atoms with van der Waals surface area (Å²) < 4.78 is 0. The van der Waals surface area contributed by atoms with Crippen molar-refractivity contribution in [1.82, 2.24) is 19.9 Å². The number of thioether (sulfide) groups is 1. The maximum Gasteiger partial charge on any atom is 0.140 e. The second kappa shape index (κ2) is 6.45. The molecular weight excluding hydrogens is 316 g/mol. The van der Waals surface area contributed by atoms with Crippen molar-refractivity contribution in [3.05, 3.63) is 72.2 Å². The van der Waals surface area contributed by atoms with Crippen molar-refractivity contribution in [3.8, 4) is 11.4 Å². The normalized spacial score (nSPS) is 11.0. The first kappa shape index (κ1) is 14.9. The van der Waals surface area contributed by atoms with Gasteiger partial charge < -0.3 is 4.98 Å². The van der Waals surface area contributed by atoms with E-state index in [2.05, 4.69) is 45.1 Å². The Morgan fingerprint density at radius 2 is 2.00 bits per heavy atom. The Hall–Kier alpha value is -2.66. The molecule has 0 saturated carbocycles. The second-order valence-electron chi connectivity index (χ2n) is 5.60. The summed E-state index contributed by atoms with van der Waals surface area (Å²) in [5.74, 6) is 1.67. The highest BCUT2D eigenvalue weighted by atomic mass is 32.2. The van der Waals surface area contributed by atoms with Crippen molar-refractivity contribution in [1.29, 1.82) is 0 Å². The average Bonchev–Trinajstić information content (AvgIpc) is 3.04. The van der Waals surface area contributed by atoms with Crippen LogP contribution in [-0.2, 0) is 5.75 Å². The van der Waals surface area contributed by atoms with Gasteiger partial charge in [0, 0.05) is 23.7 Å². The van der Waals surface area contributed by atoms with Gasteiger partial charge in [0.1, 0.15) is 5.82 Å². The number of hydrogen-bond donors (Lipinski definition) is 1. The molecule has 1 N–H and O–H groups in total. The number of aromatic nitrogens is 4. The third-order valence-corrected chi connectivity index (χ3v) is 4.72. The molecule has 0 bridgehead atoms. The molecule has 0 fully saturated rings. The summed E-state index contributed by atoms with van der Waals surface area (Å²) in [6, 6.07) is 16.3. The van der Waals surface area contributed by atoms with E-state index >= 15 is 0 Å². The van der Waals surface area contributed by atoms with Gasteiger partial charge in [-0.3, -0.25) is 4.98 Å². The molecule has 0 atom stereocenters. The molecule has 24 heavy (non-hydrogen) atoms. The molecule has 4 rings (SSSR count). The summed E-state index contributed by atoms with van der Waals surface area (Å²) in [6.45, 7) is 2.08. The molecule has 0 amide bonds. The SMILES string of the molecule is Cc1ccc2nc(-c3ccc(SCc4ccccn4)nc3)[nH]c2c1. The Morgan fingerprint density at radius 3 is 2.79 bits per heavy atom. The first-order valence-corrected chi connectivity index (χ1v) is 8.72. The molecule has 0 aliphatic carbocycles. The lowest BCUT2D eigenvalue weighted by molar-refractivity contribution is 1.11. The predicted molar refractivity (Wildman–Crippen MR) is 97.9 cm³/mol. The molecule has 1 aromatic carbocycles. The van der Waals surface area contributed by atoms with Gasteiger partial charge in [-0.15, -0.1) is 11.8 Å². The number of rotatable bonds is 4. The molecule has 0 aliphatic rings. The van der Waals surface area contributed by atoms with Crippen molar-refractivity contribution in [2.75, 3.05) is 0 Å². The summed E-state index contributed by atoms with van der Waals surface area (Å²) in [5, 5.41) is 0.983. The predicted octanol–water partition coefficient (Wildman–Crippen LogP) is 4.62. The number of H-pyrrole nitrogens is 1. The topological polar surface area (TPSA) is 54.5 Å². The van der Waals surface area contributed by atoms with Crippen molar-refractivity contribution >= 4 is 22.8 Å². The van der Waals surface area contributed by atoms with Crippen LogP contribution in [0.2, 0.25) is 0 Å². The highest BCUT2D eigenvalue weighted by Gasteiger charge is 2.06. The Kier molecular flexibility index (Phi) is 4.01. The number of pyridine rings is 2. The summed E-state index contributed by atoms with van der Waals surface area (Å²) in [7, 11) is 0. The molecule has 4 aromatic rings. The summed E-state index contributed by atoms with van der Waals surface area (Å²) in [4.78, 5) is 16.9. The zero-order valence-electron chi connectivity index (χ0n) is 13.2. The van der Waals surface area contributed by atoms with E-state index < -0.39 is 0 Å². The summed E-state index contributed by atoms with van der Waals surface area (Å²) in [5.41, 5.74) is 5.30. The largest absolute Gasteiger partial charge is 0.338 e. The van der Waals surface area contributed by atoms with Gasteiger partial charge in [-0.25, -0.2) is 9.97 Å². The molecule has 0 saturated heterocycles. The van der Waals surface area contributed by atoms with Gasteiger partial charge >= 0.3 is 0 Å². The minimum Gasteiger partial charge on any atom is -0.338 e. The fraction of sp³-hybridized carbons (Fsp3) is 0.105. The van der Waals surface area contributed by atoms with E-state index in [1.54, 1.807) is 11.8 Å². The van der Waals surface area contributed by atoms with Crippen LogP contribution in [0.5, 0.6) is 0 Å². The summed E-state index contributed by atoms with van der Waals surface area (Å²) >= 11 is 1.68. The first-order valence-electron chi connectivity index (χ1n) is 7.73. The molecule has 5 heteroatoms. The number of nitrogens with zero attached hydrogens (tertiary/aromatic N) is 3. The fourth-order valence-corrected chi connectivity index (χ4v) is 3.26. The molecule has 0 aliphatic heterocycles. The Bertz CT molecular complexity index is 962. The number of fused-ring (bicyclic) bond motifs is 1. The molecular formula is C19H16N4S. The van der Waals surface area contributed by atoms with E-state index in [0.717, 1.165) is 38.9 Å². The van der Waals surface area contributed by atoms with Gasteiger partial charge in [0.25, 0.3) is 0 Å². The van der Waals surface area contributed by atoms with Crippen LogP contribution in [0.3, 0.4) is 0 Å². The van der Waals surface area contributed by atoms with Crippen LogP contribution in [0.25, 0.3) is 22.4 Å². The van der Waals surface area contributed by atoms with Crippen LogP contribution in [0.4, 0.5) is 0 Å². The number of nitrogens with one attached hydrogen (secondary N) is 1. The smallest absolute Gasteiger partial charge is 0.140 e. The third-order valence-electron chi connectivity index (χ3n) is 3.74. The van der Waals surface area contributed by atoms with E-state index in [0.29, 0.717) is 0 Å². The van der Waals surface area contributed by atoms with Gasteiger partial charge in [-0.1, -0.05) is 12.1 Å². The molecule has 0 radical (unpaired) electrons. The lowest BCUT2D eigenvalue weighted by Crippen LogP contribution is -1.87. The highest BCUT2D eigenvalue weighted by molar-refractivity contribution is 7.98. The molecule has 3 aromatic heterocycles. The number of imidazole rings is 1. The van der Waals surface area contributed by atoms with Crippen LogP contribution in [0, 0.1) is 6.92 Å². The Morgan fingerprint density at radius 1 is 1.04 bits per heavy atom. The van der Waals surface area contributed by atoms with E-state index in [9.17, 15) is 0 Å². The Labute approximate surface area is 144 Å². The maximum atomic E-state index is 4.63. The van der Waals surface area contributed by atoms with E-state index in [1.807, 2.05) is 42.7 Å². The van der Waals surface area contributed by atoms with E-state index in [-0.39, 0.29) is 0 Å². The monoisotopic (exact) mass is 332 g/mol. The number of aryl methyl sites for hydroxylation is 1. The molecule has 3 heterocycles. The highest BCUT2D eigenvalue weighted by Crippen LogP contribution is 2.24. The number of hydrogen-bond acceptors (Lipinski definition) is 4. The van der Waals surface area contributed by atoms with Crippen LogP contribution in [0.1, 0.15) is 11.3 Å². The first-order chi connectivity index (χ1) is 11.8. The zero-order valence-corrected chi connectivity index (χ0v) is 14.0. The fourth-order valence-electron chi connectivity index (χ4n) is 2.50. The van der Waals surface area contributed by atoms with Crippen LogP contribution in [-0.4, -0.2) is 19.9 Å². The molecule has 0 spiro atoms. The average molecular weight is 332 g/mol. The molecule has 0 unspecified atom stereocenters. The van der Waals surface area contributed by atoms with Crippen molar-refractivity contribution in [3.63, 3.8) is 0 Å². The van der Waals surface area contributed by atoms with Crippen molar-refractivity contribution in [2.24, 2.45) is 0 Å². The van der Waals surface area contributed by atoms with Gasteiger partial charge in [-0.2, -0.15) is 0 Å². The van der Waals surface area contributed by atoms with Crippen LogP contribution < -0.4 is 0 Å². The van der Waals surface area contributed by atoms with Gasteiger partial charge in [0.2, 0.25) is 0 Å². The van der Waals surface area contributed by atoms with Gasteiger partial charge in [0.15, 0.2) is 0 Å². The maximum absolute atomic E-state index is 4.63. The van der Waals surface area contributed by atoms with Crippen molar-refractivity contribution < 1.29 is 0 Å². The van der Waals surface area contributed by atoms with Gasteiger partial charge in [-0.05, 0) is 48.9 Å². The molecule has 4 nitrogen and oxygen atoms in total. The number of aromatic amines is 1. The summed E-state index contributed by atoms with van der Waals surface area (Å²) in [6.07, 6.45) is 3.68. The molecule has 118 valence electrons. The van der Waals surface area contributed by atoms with Crippen LogP contribution in [0.15, 0.2) is 66.0 Å². The minimum absolute atomic E-state index is 0.817. The standard InChI is InChI=1S/C19H16N4S/c1-13-5-7-16-17(10-13)23-19(22-16)14-6-8-18(21-11-14)24-12-15-4-2-3-9-20-15/h2-11H,12H2,1H3,(H,22,23). The number of benzene rings is 1. The third kappa shape index (κ3) is 3.16. The zero-order chi connectivity index (χ0) is 16.4. The second-order valence-corrected chi connectivity index (χ2v) is 6.60.